The van der Waals surface area contributed by atoms with Gasteiger partial charge in [-0.25, -0.2) is 0 Å². The molecular weight excluding hydrogens is 348 g/mol. The summed E-state index contributed by atoms with van der Waals surface area (Å²) in [6.45, 7) is 9.12. The summed E-state index contributed by atoms with van der Waals surface area (Å²) in [7, 11) is 0. The fraction of sp³-hybridized carbons (Fsp3) is 0.250. The van der Waals surface area contributed by atoms with Crippen LogP contribution in [0.15, 0.2) is 48.6 Å². The molecule has 0 spiro atoms. The van der Waals surface area contributed by atoms with E-state index >= 15 is 0 Å². The standard InChI is InChI=1S/C24H24N2O2/c1-4-22(27)26-11-10-17-16(13-26)6-5-7-18(17)19-8-9-20(24(25)28)21-12-14(2)15(3)23(19)21/h4-9H,1,10-13H2,2-3H3,(H2,25,28). The highest BCUT2D eigenvalue weighted by molar-refractivity contribution is 6.00. The summed E-state index contributed by atoms with van der Waals surface area (Å²) in [4.78, 5) is 25.8. The number of carbonyl (C=O) groups is 2. The number of rotatable bonds is 3. The van der Waals surface area contributed by atoms with E-state index in [-0.39, 0.29) is 11.8 Å². The summed E-state index contributed by atoms with van der Waals surface area (Å²) < 4.78 is 0. The molecule has 4 heteroatoms. The number of fused-ring (bicyclic) bond motifs is 2. The Morgan fingerprint density at radius 2 is 1.89 bits per heavy atom. The van der Waals surface area contributed by atoms with Gasteiger partial charge < -0.3 is 10.6 Å². The lowest BCUT2D eigenvalue weighted by atomic mass is 9.85. The number of allylic oxidation sites excluding steroid dienone is 2. The number of primary amides is 1. The zero-order valence-electron chi connectivity index (χ0n) is 16.3. The summed E-state index contributed by atoms with van der Waals surface area (Å²) in [5.74, 6) is -0.406. The summed E-state index contributed by atoms with van der Waals surface area (Å²) in [6, 6.07) is 10.2. The second kappa shape index (κ2) is 6.79. The molecule has 1 heterocycles. The Morgan fingerprint density at radius 1 is 1.11 bits per heavy atom. The minimum Gasteiger partial charge on any atom is -0.366 e. The zero-order valence-corrected chi connectivity index (χ0v) is 16.3. The van der Waals surface area contributed by atoms with Gasteiger partial charge in [0.25, 0.3) is 0 Å². The molecule has 0 bridgehead atoms. The maximum atomic E-state index is 12.0. The molecule has 0 saturated carbocycles. The van der Waals surface area contributed by atoms with E-state index in [4.69, 9.17) is 5.73 Å². The van der Waals surface area contributed by atoms with Gasteiger partial charge >= 0.3 is 0 Å². The van der Waals surface area contributed by atoms with Crippen molar-refractivity contribution in [3.05, 3.63) is 76.4 Å². The first-order chi connectivity index (χ1) is 13.4. The molecule has 0 unspecified atom stereocenters. The van der Waals surface area contributed by atoms with Crippen molar-refractivity contribution in [3.63, 3.8) is 0 Å². The van der Waals surface area contributed by atoms with E-state index < -0.39 is 0 Å². The summed E-state index contributed by atoms with van der Waals surface area (Å²) in [6.07, 6.45) is 2.95. The number of hydrogen-bond acceptors (Lipinski definition) is 2. The van der Waals surface area contributed by atoms with Gasteiger partial charge in [0.15, 0.2) is 0 Å². The van der Waals surface area contributed by atoms with Gasteiger partial charge in [-0.1, -0.05) is 36.4 Å². The lowest BCUT2D eigenvalue weighted by Gasteiger charge is -2.30. The second-order valence-corrected chi connectivity index (χ2v) is 7.62. The Morgan fingerprint density at radius 3 is 2.61 bits per heavy atom. The molecule has 4 rings (SSSR count). The van der Waals surface area contributed by atoms with Crippen LogP contribution in [0.4, 0.5) is 0 Å². The third kappa shape index (κ3) is 2.76. The average molecular weight is 372 g/mol. The van der Waals surface area contributed by atoms with Crippen molar-refractivity contribution in [1.82, 2.24) is 4.90 Å². The van der Waals surface area contributed by atoms with Crippen LogP contribution >= 0.6 is 0 Å². The van der Waals surface area contributed by atoms with E-state index in [1.54, 1.807) is 0 Å². The molecule has 2 aromatic rings. The van der Waals surface area contributed by atoms with Crippen molar-refractivity contribution >= 4 is 17.4 Å². The maximum absolute atomic E-state index is 12.0. The average Bonchev–Trinajstić information content (AvgIpc) is 3.00. The number of nitrogens with zero attached hydrogens (tertiary/aromatic N) is 1. The third-order valence-corrected chi connectivity index (χ3v) is 6.08. The first kappa shape index (κ1) is 18.2. The fourth-order valence-electron chi connectivity index (χ4n) is 4.51. The highest BCUT2D eigenvalue weighted by Crippen LogP contribution is 2.42. The van der Waals surface area contributed by atoms with Crippen molar-refractivity contribution in [2.45, 2.75) is 33.2 Å². The van der Waals surface area contributed by atoms with Gasteiger partial charge in [-0.3, -0.25) is 9.59 Å². The van der Waals surface area contributed by atoms with Gasteiger partial charge in [0, 0.05) is 18.7 Å². The van der Waals surface area contributed by atoms with E-state index in [1.807, 2.05) is 23.1 Å². The molecule has 2 amide bonds. The monoisotopic (exact) mass is 372 g/mol. The summed E-state index contributed by atoms with van der Waals surface area (Å²) in [5, 5.41) is 0. The Hall–Kier alpha value is -3.14. The maximum Gasteiger partial charge on any atom is 0.249 e. The van der Waals surface area contributed by atoms with Gasteiger partial charge in [-0.15, -0.1) is 0 Å². The molecule has 142 valence electrons. The predicted molar refractivity (Wildman–Crippen MR) is 112 cm³/mol. The molecule has 1 aliphatic carbocycles. The van der Waals surface area contributed by atoms with Crippen LogP contribution in [0.3, 0.4) is 0 Å². The first-order valence-corrected chi connectivity index (χ1v) is 9.57. The SMILES string of the molecule is C=CC(=O)N1CCc2c(cccc2-c2ccc(C(N)=O)c3c2C(C)=C(C)C3)C1. The third-order valence-electron chi connectivity index (χ3n) is 6.08. The van der Waals surface area contributed by atoms with Crippen molar-refractivity contribution in [2.75, 3.05) is 6.54 Å². The Bertz CT molecular complexity index is 1060. The molecular formula is C24H24N2O2. The van der Waals surface area contributed by atoms with E-state index in [0.29, 0.717) is 18.7 Å². The summed E-state index contributed by atoms with van der Waals surface area (Å²) >= 11 is 0. The van der Waals surface area contributed by atoms with Gasteiger partial charge in [-0.05, 0) is 77.8 Å². The Labute approximate surface area is 165 Å². The lowest BCUT2D eigenvalue weighted by Crippen LogP contribution is -2.34. The largest absolute Gasteiger partial charge is 0.366 e. The van der Waals surface area contributed by atoms with E-state index in [2.05, 4.69) is 32.6 Å². The first-order valence-electron chi connectivity index (χ1n) is 9.57. The van der Waals surface area contributed by atoms with Gasteiger partial charge in [0.2, 0.25) is 11.8 Å². The smallest absolute Gasteiger partial charge is 0.249 e. The zero-order chi connectivity index (χ0) is 20.0. The molecule has 0 fully saturated rings. The summed E-state index contributed by atoms with van der Waals surface area (Å²) in [5.41, 5.74) is 15.7. The number of hydrogen-bond donors (Lipinski definition) is 1. The van der Waals surface area contributed by atoms with Crippen LogP contribution in [0.1, 0.15) is 46.5 Å². The van der Waals surface area contributed by atoms with Crippen LogP contribution in [-0.4, -0.2) is 23.3 Å². The molecule has 1 aliphatic heterocycles. The molecule has 28 heavy (non-hydrogen) atoms. The van der Waals surface area contributed by atoms with E-state index in [0.717, 1.165) is 29.5 Å². The number of benzene rings is 2. The molecule has 2 N–H and O–H groups in total. The van der Waals surface area contributed by atoms with Crippen LogP contribution in [0.2, 0.25) is 0 Å². The van der Waals surface area contributed by atoms with Gasteiger partial charge in [0.05, 0.1) is 0 Å². The van der Waals surface area contributed by atoms with Crippen LogP contribution in [0.25, 0.3) is 16.7 Å². The minimum atomic E-state index is -0.376. The topological polar surface area (TPSA) is 63.4 Å². The number of amides is 2. The number of carbonyl (C=O) groups excluding carboxylic acids is 2. The normalized spacial score (nSPS) is 15.3. The van der Waals surface area contributed by atoms with Crippen LogP contribution in [0.5, 0.6) is 0 Å². The molecule has 2 aromatic carbocycles. The second-order valence-electron chi connectivity index (χ2n) is 7.62. The van der Waals surface area contributed by atoms with Crippen molar-refractivity contribution in [3.8, 4) is 11.1 Å². The highest BCUT2D eigenvalue weighted by atomic mass is 16.2. The van der Waals surface area contributed by atoms with Crippen molar-refractivity contribution in [2.24, 2.45) is 5.73 Å². The van der Waals surface area contributed by atoms with Gasteiger partial charge in [-0.2, -0.15) is 0 Å². The molecule has 4 nitrogen and oxygen atoms in total. The van der Waals surface area contributed by atoms with E-state index in [9.17, 15) is 9.59 Å². The highest BCUT2D eigenvalue weighted by Gasteiger charge is 2.27. The van der Waals surface area contributed by atoms with Crippen molar-refractivity contribution in [1.29, 1.82) is 0 Å². The van der Waals surface area contributed by atoms with Gasteiger partial charge in [0.1, 0.15) is 0 Å². The molecule has 0 atom stereocenters. The lowest BCUT2D eigenvalue weighted by molar-refractivity contribution is -0.126. The van der Waals surface area contributed by atoms with E-state index in [1.165, 1.54) is 33.9 Å². The Balaban J connectivity index is 1.87. The number of nitrogens with two attached hydrogens (primary N) is 1. The quantitative estimate of drug-likeness (QED) is 0.831. The predicted octanol–water partition coefficient (Wildman–Crippen LogP) is 3.87. The molecule has 0 aromatic heterocycles. The molecule has 0 saturated heterocycles. The fourth-order valence-corrected chi connectivity index (χ4v) is 4.51. The Kier molecular flexibility index (Phi) is 4.42. The van der Waals surface area contributed by atoms with Crippen LogP contribution in [0, 0.1) is 0 Å². The minimum absolute atomic E-state index is 0.0304. The molecule has 0 radical (unpaired) electrons. The van der Waals surface area contributed by atoms with Crippen LogP contribution in [-0.2, 0) is 24.2 Å². The van der Waals surface area contributed by atoms with Crippen molar-refractivity contribution < 1.29 is 9.59 Å². The molecule has 2 aliphatic rings. The van der Waals surface area contributed by atoms with Crippen LogP contribution < -0.4 is 5.73 Å².